The largest absolute Gasteiger partial charge is 0.353 e. The van der Waals surface area contributed by atoms with Gasteiger partial charge in [0.15, 0.2) is 0 Å². The molecule has 0 saturated heterocycles. The van der Waals surface area contributed by atoms with Gasteiger partial charge in [-0.1, -0.05) is 22.6 Å². The lowest BCUT2D eigenvalue weighted by molar-refractivity contribution is -0.119. The summed E-state index contributed by atoms with van der Waals surface area (Å²) in [6.07, 6.45) is 2.59. The van der Waals surface area contributed by atoms with E-state index in [4.69, 9.17) is 0 Å². The summed E-state index contributed by atoms with van der Waals surface area (Å²) in [5.74, 6) is 0.937. The molecule has 58 valence electrons. The molecule has 0 radical (unpaired) electrons. The standard InChI is InChI=1S/C7H12INO/c1-5(6-2-3-6)9-7(10)4-8/h5-6H,2-4H2,1H3,(H,9,10). The first-order chi connectivity index (χ1) is 4.74. The van der Waals surface area contributed by atoms with Crippen LogP contribution < -0.4 is 5.32 Å². The molecule has 1 N–H and O–H groups in total. The fourth-order valence-corrected chi connectivity index (χ4v) is 1.23. The quantitative estimate of drug-likeness (QED) is 0.596. The predicted octanol–water partition coefficient (Wildman–Crippen LogP) is 1.34. The molecule has 1 aliphatic carbocycles. The van der Waals surface area contributed by atoms with E-state index in [0.29, 0.717) is 10.5 Å². The van der Waals surface area contributed by atoms with Gasteiger partial charge in [-0.15, -0.1) is 0 Å². The molecular weight excluding hydrogens is 241 g/mol. The summed E-state index contributed by atoms with van der Waals surface area (Å²) in [5.41, 5.74) is 0. The Morgan fingerprint density at radius 1 is 1.80 bits per heavy atom. The maximum Gasteiger partial charge on any atom is 0.230 e. The summed E-state index contributed by atoms with van der Waals surface area (Å²) in [5, 5.41) is 2.95. The summed E-state index contributed by atoms with van der Waals surface area (Å²) >= 11 is 2.08. The Hall–Kier alpha value is 0.200. The van der Waals surface area contributed by atoms with Crippen molar-refractivity contribution >= 4 is 28.5 Å². The van der Waals surface area contributed by atoms with Crippen LogP contribution in [0.1, 0.15) is 19.8 Å². The Labute approximate surface area is 74.9 Å². The van der Waals surface area contributed by atoms with Crippen LogP contribution in [0.3, 0.4) is 0 Å². The lowest BCUT2D eigenvalue weighted by atomic mass is 10.2. The Morgan fingerprint density at radius 2 is 2.40 bits per heavy atom. The van der Waals surface area contributed by atoms with Gasteiger partial charge >= 0.3 is 0 Å². The summed E-state index contributed by atoms with van der Waals surface area (Å²) in [7, 11) is 0. The van der Waals surface area contributed by atoms with Gasteiger partial charge in [-0.25, -0.2) is 0 Å². The maximum atomic E-state index is 10.8. The number of halogens is 1. The first-order valence-corrected chi connectivity index (χ1v) is 5.12. The second-order valence-corrected chi connectivity index (χ2v) is 3.59. The van der Waals surface area contributed by atoms with Gasteiger partial charge in [0.05, 0.1) is 4.43 Å². The van der Waals surface area contributed by atoms with Gasteiger partial charge < -0.3 is 5.32 Å². The number of nitrogens with one attached hydrogen (secondary N) is 1. The second-order valence-electron chi connectivity index (χ2n) is 2.83. The Kier molecular flexibility index (Phi) is 2.95. The molecule has 0 aromatic rings. The van der Waals surface area contributed by atoms with Gasteiger partial charge in [-0.05, 0) is 25.7 Å². The van der Waals surface area contributed by atoms with Crippen LogP contribution in [0, 0.1) is 5.92 Å². The van der Waals surface area contributed by atoms with Crippen molar-refractivity contribution in [2.45, 2.75) is 25.8 Å². The summed E-state index contributed by atoms with van der Waals surface area (Å²) in [4.78, 5) is 10.8. The Balaban J connectivity index is 2.16. The first kappa shape index (κ1) is 8.30. The zero-order chi connectivity index (χ0) is 7.56. The summed E-state index contributed by atoms with van der Waals surface area (Å²) in [6, 6.07) is 0.405. The fourth-order valence-electron chi connectivity index (χ4n) is 1.01. The van der Waals surface area contributed by atoms with Gasteiger partial charge in [0, 0.05) is 6.04 Å². The highest BCUT2D eigenvalue weighted by Gasteiger charge is 2.28. The van der Waals surface area contributed by atoms with Gasteiger partial charge in [0.1, 0.15) is 0 Å². The van der Waals surface area contributed by atoms with Gasteiger partial charge in [-0.3, -0.25) is 4.79 Å². The molecule has 0 bridgehead atoms. The zero-order valence-electron chi connectivity index (χ0n) is 6.06. The smallest absolute Gasteiger partial charge is 0.230 e. The predicted molar refractivity (Wildman–Crippen MR) is 49.2 cm³/mol. The zero-order valence-corrected chi connectivity index (χ0v) is 8.22. The van der Waals surface area contributed by atoms with Crippen molar-refractivity contribution < 1.29 is 4.79 Å². The minimum atomic E-state index is 0.167. The molecule has 1 atom stereocenters. The van der Waals surface area contributed by atoms with Crippen molar-refractivity contribution in [3.05, 3.63) is 0 Å². The molecule has 3 heteroatoms. The molecule has 1 fully saturated rings. The van der Waals surface area contributed by atoms with Gasteiger partial charge in [0.2, 0.25) is 5.91 Å². The highest BCUT2D eigenvalue weighted by molar-refractivity contribution is 14.1. The van der Waals surface area contributed by atoms with Crippen LogP contribution in [-0.2, 0) is 4.79 Å². The molecule has 0 aromatic carbocycles. The van der Waals surface area contributed by atoms with E-state index in [1.807, 2.05) is 0 Å². The van der Waals surface area contributed by atoms with E-state index in [-0.39, 0.29) is 5.91 Å². The lowest BCUT2D eigenvalue weighted by Gasteiger charge is -2.10. The van der Waals surface area contributed by atoms with Crippen LogP contribution in [0.25, 0.3) is 0 Å². The lowest BCUT2D eigenvalue weighted by Crippen LogP contribution is -2.34. The fraction of sp³-hybridized carbons (Fsp3) is 0.857. The number of rotatable bonds is 3. The molecule has 0 aromatic heterocycles. The van der Waals surface area contributed by atoms with Crippen molar-refractivity contribution in [2.75, 3.05) is 4.43 Å². The molecular formula is C7H12INO. The van der Waals surface area contributed by atoms with Gasteiger partial charge in [0.25, 0.3) is 0 Å². The van der Waals surface area contributed by atoms with Gasteiger partial charge in [-0.2, -0.15) is 0 Å². The molecule has 0 heterocycles. The molecule has 2 nitrogen and oxygen atoms in total. The number of amides is 1. The molecule has 10 heavy (non-hydrogen) atoms. The molecule has 1 rings (SSSR count). The first-order valence-electron chi connectivity index (χ1n) is 3.59. The van der Waals surface area contributed by atoms with Crippen LogP contribution in [0.5, 0.6) is 0 Å². The maximum absolute atomic E-state index is 10.8. The van der Waals surface area contributed by atoms with E-state index in [1.54, 1.807) is 0 Å². The summed E-state index contributed by atoms with van der Waals surface area (Å²) in [6.45, 7) is 2.09. The van der Waals surface area contributed by atoms with Crippen molar-refractivity contribution in [3.63, 3.8) is 0 Å². The van der Waals surface area contributed by atoms with E-state index in [2.05, 4.69) is 34.8 Å². The molecule has 1 unspecified atom stereocenters. The highest BCUT2D eigenvalue weighted by Crippen LogP contribution is 2.32. The van der Waals surface area contributed by atoms with Crippen molar-refractivity contribution in [2.24, 2.45) is 5.92 Å². The van der Waals surface area contributed by atoms with E-state index in [0.717, 1.165) is 5.92 Å². The molecule has 1 amide bonds. The number of carbonyl (C=O) groups is 1. The average molecular weight is 253 g/mol. The third-order valence-electron chi connectivity index (χ3n) is 1.84. The number of hydrogen-bond donors (Lipinski definition) is 1. The van der Waals surface area contributed by atoms with Crippen LogP contribution in [0.15, 0.2) is 0 Å². The monoisotopic (exact) mass is 253 g/mol. The molecule has 0 spiro atoms. The van der Waals surface area contributed by atoms with Crippen LogP contribution in [-0.4, -0.2) is 16.4 Å². The van der Waals surface area contributed by atoms with Crippen molar-refractivity contribution in [1.82, 2.24) is 5.32 Å². The Morgan fingerprint density at radius 3 is 2.80 bits per heavy atom. The SMILES string of the molecule is CC(NC(=O)CI)C1CC1. The topological polar surface area (TPSA) is 29.1 Å². The van der Waals surface area contributed by atoms with Crippen LogP contribution >= 0.6 is 22.6 Å². The van der Waals surface area contributed by atoms with E-state index in [9.17, 15) is 4.79 Å². The van der Waals surface area contributed by atoms with Crippen LogP contribution in [0.4, 0.5) is 0 Å². The van der Waals surface area contributed by atoms with E-state index < -0.39 is 0 Å². The Bertz CT molecular complexity index is 134. The normalized spacial score (nSPS) is 20.2. The minimum absolute atomic E-state index is 0.167. The van der Waals surface area contributed by atoms with Crippen LogP contribution in [0.2, 0.25) is 0 Å². The molecule has 1 aliphatic rings. The average Bonchev–Trinajstić information content (AvgIpc) is 2.68. The summed E-state index contributed by atoms with van der Waals surface area (Å²) < 4.78 is 0.578. The van der Waals surface area contributed by atoms with Crippen molar-refractivity contribution in [1.29, 1.82) is 0 Å². The second kappa shape index (κ2) is 3.55. The third-order valence-corrected chi connectivity index (χ3v) is 2.53. The number of carbonyl (C=O) groups excluding carboxylic acids is 1. The highest BCUT2D eigenvalue weighted by atomic mass is 127. The van der Waals surface area contributed by atoms with E-state index in [1.165, 1.54) is 12.8 Å². The number of alkyl halides is 1. The van der Waals surface area contributed by atoms with Crippen molar-refractivity contribution in [3.8, 4) is 0 Å². The number of hydrogen-bond acceptors (Lipinski definition) is 1. The molecule has 0 aliphatic heterocycles. The van der Waals surface area contributed by atoms with E-state index >= 15 is 0 Å². The third kappa shape index (κ3) is 2.44. The molecule has 1 saturated carbocycles. The minimum Gasteiger partial charge on any atom is -0.353 e.